The molecule has 2 fully saturated rings. The van der Waals surface area contributed by atoms with E-state index in [1.54, 1.807) is 5.48 Å². The van der Waals surface area contributed by atoms with Crippen LogP contribution in [-0.2, 0) is 45.2 Å². The molecule has 4 aromatic carbocycles. The maximum absolute atomic E-state index is 12.2. The number of rotatable bonds is 13. The number of fused-ring (bicyclic) bond motifs is 2. The third kappa shape index (κ3) is 8.86. The number of esters is 1. The number of nitrogens with zero attached hydrogens (tertiary/aromatic N) is 3. The number of amides is 1. The minimum absolute atomic E-state index is 0.307. The maximum Gasteiger partial charge on any atom is 0.313 e. The van der Waals surface area contributed by atoms with Crippen molar-refractivity contribution in [3.05, 3.63) is 143 Å². The molecule has 8 rings (SSSR count). The number of para-hydroxylation sites is 2. The summed E-state index contributed by atoms with van der Waals surface area (Å²) >= 11 is 0. The molecule has 4 atom stereocenters. The largest absolute Gasteiger partial charge is 0.489 e. The van der Waals surface area contributed by atoms with Crippen LogP contribution in [0.2, 0.25) is 0 Å². The normalized spacial score (nSPS) is 20.1. The number of carboxylic acids is 1. The minimum atomic E-state index is -0.962. The monoisotopic (exact) mass is 792 g/mol. The summed E-state index contributed by atoms with van der Waals surface area (Å²) in [5, 5.41) is 29.7. The van der Waals surface area contributed by atoms with E-state index in [-0.39, 0.29) is 0 Å². The Hall–Kier alpha value is -6.84. The molecular formula is C47H44N4O8. The fraction of sp³-hybridized carbons (Fsp3) is 0.277. The summed E-state index contributed by atoms with van der Waals surface area (Å²) in [6, 6.07) is 37.3. The number of carbonyl (C=O) groups is 3. The number of carboxylic acid groups (broad SMARTS) is 1. The van der Waals surface area contributed by atoms with Crippen LogP contribution in [0.15, 0.2) is 109 Å². The Kier molecular flexibility index (Phi) is 11.6. The smallest absolute Gasteiger partial charge is 0.313 e. The van der Waals surface area contributed by atoms with Crippen molar-refractivity contribution in [3.63, 3.8) is 0 Å². The number of benzene rings is 4. The van der Waals surface area contributed by atoms with E-state index in [9.17, 15) is 24.8 Å². The Morgan fingerprint density at radius 1 is 0.746 bits per heavy atom. The number of pyridine rings is 2. The fourth-order valence-corrected chi connectivity index (χ4v) is 7.90. The van der Waals surface area contributed by atoms with Gasteiger partial charge in [0.15, 0.2) is 0 Å². The van der Waals surface area contributed by atoms with Crippen LogP contribution in [-0.4, -0.2) is 45.2 Å². The van der Waals surface area contributed by atoms with Crippen LogP contribution in [0.3, 0.4) is 0 Å². The standard InChI is InChI=1S/C24H23NO5.C23H21N3O3/c1-15-11-17(19-5-3-4-6-21(19)25-15)14-30-18-9-7-16(8-10-18)12-24(23(28)29-2)13-20(24)22(26)27;1-15-10-17(19-4-2-3-5-21(19)25-15)13-29-18-8-6-16(7-9-18)11-23(14-24)12-20(23)22(27)26-28/h3-11,20H,12-14H2,1-2H3,(H,26,27);2-10,20,28H,11-13H2,1H3,(H,26,27)/t20-,24+;20-,23-/m11/s1. The molecule has 0 radical (unpaired) electrons. The molecule has 3 N–H and O–H groups in total. The lowest BCUT2D eigenvalue weighted by Crippen LogP contribution is -2.25. The minimum Gasteiger partial charge on any atom is -0.489 e. The Balaban J connectivity index is 0.000000179. The van der Waals surface area contributed by atoms with Gasteiger partial charge in [-0.15, -0.1) is 0 Å². The van der Waals surface area contributed by atoms with Crippen LogP contribution >= 0.6 is 0 Å². The van der Waals surface area contributed by atoms with E-state index in [2.05, 4.69) is 16.0 Å². The first-order chi connectivity index (χ1) is 28.5. The zero-order valence-corrected chi connectivity index (χ0v) is 33.0. The first-order valence-electron chi connectivity index (χ1n) is 19.3. The van der Waals surface area contributed by atoms with Crippen molar-refractivity contribution < 1.29 is 38.9 Å². The molecule has 0 aliphatic heterocycles. The summed E-state index contributed by atoms with van der Waals surface area (Å²) < 4.78 is 16.8. The van der Waals surface area contributed by atoms with Crippen molar-refractivity contribution in [2.75, 3.05) is 7.11 Å². The van der Waals surface area contributed by atoms with Crippen molar-refractivity contribution in [2.45, 2.75) is 52.7 Å². The molecule has 0 bridgehead atoms. The van der Waals surface area contributed by atoms with Crippen LogP contribution in [0, 0.1) is 47.8 Å². The van der Waals surface area contributed by atoms with Crippen molar-refractivity contribution >= 4 is 39.7 Å². The molecule has 59 heavy (non-hydrogen) atoms. The van der Waals surface area contributed by atoms with Crippen LogP contribution in [0.1, 0.15) is 46.5 Å². The van der Waals surface area contributed by atoms with Crippen LogP contribution < -0.4 is 15.0 Å². The molecule has 12 nitrogen and oxygen atoms in total. The van der Waals surface area contributed by atoms with Crippen molar-refractivity contribution in [1.82, 2.24) is 15.4 Å². The summed E-state index contributed by atoms with van der Waals surface area (Å²) in [5.41, 5.74) is 7.71. The second-order valence-corrected chi connectivity index (χ2v) is 15.3. The van der Waals surface area contributed by atoms with Gasteiger partial charge in [-0.25, -0.2) is 5.48 Å². The van der Waals surface area contributed by atoms with Gasteiger partial charge in [0.05, 0.1) is 46.9 Å². The summed E-state index contributed by atoms with van der Waals surface area (Å²) in [6.07, 6.45) is 1.57. The lowest BCUT2D eigenvalue weighted by molar-refractivity contribution is -0.151. The molecular weight excluding hydrogens is 749 g/mol. The summed E-state index contributed by atoms with van der Waals surface area (Å²) in [5.74, 6) is -1.63. The van der Waals surface area contributed by atoms with E-state index in [0.29, 0.717) is 44.6 Å². The molecule has 2 aliphatic rings. The molecule has 2 aliphatic carbocycles. The zero-order chi connectivity index (χ0) is 41.7. The van der Waals surface area contributed by atoms with Crippen molar-refractivity contribution in [3.8, 4) is 17.6 Å². The number of ether oxygens (including phenoxy) is 3. The molecule has 0 unspecified atom stereocenters. The predicted octanol–water partition coefficient (Wildman–Crippen LogP) is 7.63. The molecule has 0 spiro atoms. The highest BCUT2D eigenvalue weighted by Crippen LogP contribution is 2.56. The Morgan fingerprint density at radius 2 is 1.24 bits per heavy atom. The van der Waals surface area contributed by atoms with Crippen molar-refractivity contribution in [2.24, 2.45) is 22.7 Å². The highest BCUT2D eigenvalue weighted by molar-refractivity contribution is 5.90. The number of aromatic nitrogens is 2. The number of aliphatic carboxylic acids is 1. The maximum atomic E-state index is 12.2. The Labute approximate surface area is 341 Å². The number of hydrogen-bond donors (Lipinski definition) is 3. The number of methoxy groups -OCH3 is 1. The van der Waals surface area contributed by atoms with Crippen LogP contribution in [0.5, 0.6) is 11.5 Å². The van der Waals surface area contributed by atoms with Gasteiger partial charge in [-0.05, 0) is 99.2 Å². The molecule has 2 heterocycles. The van der Waals surface area contributed by atoms with E-state index in [0.717, 1.165) is 61.2 Å². The van der Waals surface area contributed by atoms with Crippen LogP contribution in [0.4, 0.5) is 0 Å². The Bertz CT molecular complexity index is 2570. The number of hydroxylamine groups is 1. The van der Waals surface area contributed by atoms with E-state index in [1.165, 1.54) is 7.11 Å². The van der Waals surface area contributed by atoms with Gasteiger partial charge >= 0.3 is 11.9 Å². The van der Waals surface area contributed by atoms with E-state index in [4.69, 9.17) is 19.4 Å². The molecule has 12 heteroatoms. The molecule has 2 saturated carbocycles. The predicted molar refractivity (Wildman–Crippen MR) is 218 cm³/mol. The van der Waals surface area contributed by atoms with E-state index in [1.807, 2.05) is 123 Å². The summed E-state index contributed by atoms with van der Waals surface area (Å²) in [6.45, 7) is 4.78. The molecule has 1 amide bonds. The lowest BCUT2D eigenvalue weighted by atomic mass is 9.94. The second-order valence-electron chi connectivity index (χ2n) is 15.3. The molecule has 0 saturated heterocycles. The number of nitrogens with one attached hydrogen (secondary N) is 1. The van der Waals surface area contributed by atoms with Crippen LogP contribution in [0.25, 0.3) is 21.8 Å². The van der Waals surface area contributed by atoms with Gasteiger partial charge in [0.2, 0.25) is 5.91 Å². The zero-order valence-electron chi connectivity index (χ0n) is 33.0. The number of carbonyl (C=O) groups excluding carboxylic acids is 2. The number of aryl methyl sites for hydroxylation is 2. The van der Waals surface area contributed by atoms with Gasteiger partial charge in [0.1, 0.15) is 24.7 Å². The fourth-order valence-electron chi connectivity index (χ4n) is 7.90. The van der Waals surface area contributed by atoms with Gasteiger partial charge in [0, 0.05) is 33.3 Å². The van der Waals surface area contributed by atoms with Gasteiger partial charge in [-0.2, -0.15) is 5.26 Å². The van der Waals surface area contributed by atoms with Gasteiger partial charge in [-0.1, -0.05) is 60.7 Å². The summed E-state index contributed by atoms with van der Waals surface area (Å²) in [7, 11) is 1.29. The van der Waals surface area contributed by atoms with Gasteiger partial charge in [-0.3, -0.25) is 29.6 Å². The lowest BCUT2D eigenvalue weighted by Gasteiger charge is -2.14. The van der Waals surface area contributed by atoms with Gasteiger partial charge in [0.25, 0.3) is 0 Å². The quantitative estimate of drug-likeness (QED) is 0.0594. The van der Waals surface area contributed by atoms with E-state index < -0.39 is 40.5 Å². The first kappa shape index (κ1) is 40.4. The average molecular weight is 793 g/mol. The topological polar surface area (TPSA) is 181 Å². The third-order valence-electron chi connectivity index (χ3n) is 11.2. The summed E-state index contributed by atoms with van der Waals surface area (Å²) in [4.78, 5) is 44.2. The number of nitriles is 1. The third-order valence-corrected chi connectivity index (χ3v) is 11.2. The molecule has 2 aromatic heterocycles. The molecule has 300 valence electrons. The van der Waals surface area contributed by atoms with Crippen molar-refractivity contribution in [1.29, 1.82) is 5.26 Å². The van der Waals surface area contributed by atoms with Gasteiger partial charge < -0.3 is 19.3 Å². The van der Waals surface area contributed by atoms with E-state index >= 15 is 0 Å². The Morgan fingerprint density at radius 3 is 1.68 bits per heavy atom. The first-order valence-corrected chi connectivity index (χ1v) is 19.3. The SMILES string of the molecule is COC(=O)[C@@]1(Cc2ccc(OCc3cc(C)nc4ccccc34)cc2)C[C@@H]1C(=O)O.Cc1cc(COc2ccc(C[C@]3(C#N)C[C@@H]3C(=O)NO)cc2)c2ccccc2n1. The highest BCUT2D eigenvalue weighted by Gasteiger charge is 2.64. The average Bonchev–Trinajstić information content (AvgIpc) is 4.17. The highest BCUT2D eigenvalue weighted by atomic mass is 16.5. The molecule has 6 aromatic rings. The second kappa shape index (κ2) is 16.9. The number of hydrogen-bond acceptors (Lipinski definition) is 10.